The van der Waals surface area contributed by atoms with E-state index in [0.29, 0.717) is 0 Å². The van der Waals surface area contributed by atoms with Crippen molar-refractivity contribution in [2.24, 2.45) is 0 Å². The number of aromatic nitrogens is 3. The summed E-state index contributed by atoms with van der Waals surface area (Å²) in [4.78, 5) is 29.0. The summed E-state index contributed by atoms with van der Waals surface area (Å²) in [5, 5.41) is 14.8. The fourth-order valence-corrected chi connectivity index (χ4v) is 3.79. The zero-order chi connectivity index (χ0) is 26.3. The number of alkyl halides is 6. The molecule has 190 valence electrons. The molecule has 1 aliphatic rings. The second-order valence-electron chi connectivity index (χ2n) is 7.91. The number of fused-ring (bicyclic) bond motifs is 1. The van der Waals surface area contributed by atoms with Crippen LogP contribution in [0.2, 0.25) is 0 Å². The second-order valence-corrected chi connectivity index (χ2v) is 7.91. The quantitative estimate of drug-likeness (QED) is 0.484. The van der Waals surface area contributed by atoms with Crippen molar-refractivity contribution in [3.63, 3.8) is 0 Å². The smallest absolute Gasteiger partial charge is 0.436 e. The number of carbonyl (C=O) groups is 2. The van der Waals surface area contributed by atoms with Gasteiger partial charge in [-0.1, -0.05) is 12.1 Å². The van der Waals surface area contributed by atoms with Gasteiger partial charge in [-0.2, -0.15) is 31.4 Å². The van der Waals surface area contributed by atoms with Crippen LogP contribution in [0.4, 0.5) is 32.2 Å². The summed E-state index contributed by atoms with van der Waals surface area (Å²) < 4.78 is 81.4. The van der Waals surface area contributed by atoms with Crippen LogP contribution in [0.1, 0.15) is 43.2 Å². The molecule has 0 saturated carbocycles. The highest BCUT2D eigenvalue weighted by molar-refractivity contribution is 6.00. The first-order valence-corrected chi connectivity index (χ1v) is 10.4. The fraction of sp³-hybridized carbons (Fsp3) is 0.273. The number of nitrogens with zero attached hydrogens (tertiary/aromatic N) is 4. The van der Waals surface area contributed by atoms with Crippen molar-refractivity contribution in [3.05, 3.63) is 76.2 Å². The predicted molar refractivity (Wildman–Crippen MR) is 112 cm³/mol. The molecule has 4 rings (SSSR count). The van der Waals surface area contributed by atoms with Crippen molar-refractivity contribution < 1.29 is 41.0 Å². The average Bonchev–Trinajstić information content (AvgIpc) is 3.37. The number of benzene rings is 1. The molecule has 36 heavy (non-hydrogen) atoms. The van der Waals surface area contributed by atoms with Crippen molar-refractivity contribution in [2.45, 2.75) is 32.0 Å². The van der Waals surface area contributed by atoms with E-state index in [1.54, 1.807) is 0 Å². The van der Waals surface area contributed by atoms with E-state index in [2.05, 4.69) is 15.4 Å². The Labute approximate surface area is 199 Å². The molecule has 1 amide bonds. The first-order chi connectivity index (χ1) is 16.8. The van der Waals surface area contributed by atoms with Crippen LogP contribution in [0.5, 0.6) is 0 Å². The Kier molecular flexibility index (Phi) is 6.37. The Bertz CT molecular complexity index is 1300. The van der Waals surface area contributed by atoms with Crippen LogP contribution in [0, 0.1) is 0 Å². The molecule has 0 aliphatic carbocycles. The molecule has 14 heteroatoms. The summed E-state index contributed by atoms with van der Waals surface area (Å²) in [6.45, 7) is -0.336. The molecule has 2 N–H and O–H groups in total. The van der Waals surface area contributed by atoms with E-state index in [9.17, 15) is 35.9 Å². The standard InChI is InChI=1S/C22H17F6N5O3/c23-21(24,25)14-3-1-2-12(8-14)11-32-6-7-33-19(32)16(17(31-33)22(26,27)28)18(34)30-10-15-5-4-13(9-29-15)20(35)36/h1-5,8-9H,6-7,10-11H2,(H,30,34)(H,35,36). The molecule has 3 aromatic rings. The molecule has 2 aromatic heterocycles. The third-order valence-corrected chi connectivity index (χ3v) is 5.43. The molecule has 8 nitrogen and oxygen atoms in total. The van der Waals surface area contributed by atoms with Crippen molar-refractivity contribution in [3.8, 4) is 0 Å². The number of nitrogens with one attached hydrogen (secondary N) is 1. The SMILES string of the molecule is O=C(O)c1ccc(CNC(=O)c2c(C(F)(F)F)nn3c2N(Cc2cccc(C(F)(F)F)c2)CC3)nc1. The summed E-state index contributed by atoms with van der Waals surface area (Å²) in [5.41, 5.74) is -2.78. The van der Waals surface area contributed by atoms with Gasteiger partial charge in [-0.3, -0.25) is 9.78 Å². The van der Waals surface area contributed by atoms with Gasteiger partial charge in [-0.05, 0) is 29.8 Å². The Morgan fingerprint density at radius 2 is 1.78 bits per heavy atom. The monoisotopic (exact) mass is 513 g/mol. The maximum atomic E-state index is 13.7. The number of hydrogen-bond donors (Lipinski definition) is 2. The summed E-state index contributed by atoms with van der Waals surface area (Å²) in [6.07, 6.45) is -8.51. The highest BCUT2D eigenvalue weighted by atomic mass is 19.4. The number of carbonyl (C=O) groups excluding carboxylic acids is 1. The highest BCUT2D eigenvalue weighted by Gasteiger charge is 2.44. The van der Waals surface area contributed by atoms with Gasteiger partial charge in [0.25, 0.3) is 5.91 Å². The van der Waals surface area contributed by atoms with E-state index in [4.69, 9.17) is 5.11 Å². The van der Waals surface area contributed by atoms with Gasteiger partial charge in [0.15, 0.2) is 5.69 Å². The minimum atomic E-state index is -4.97. The van der Waals surface area contributed by atoms with E-state index >= 15 is 0 Å². The summed E-state index contributed by atoms with van der Waals surface area (Å²) in [6, 6.07) is 6.92. The first kappa shape index (κ1) is 25.0. The highest BCUT2D eigenvalue weighted by Crippen LogP contribution is 2.39. The number of amides is 1. The molecule has 0 bridgehead atoms. The van der Waals surface area contributed by atoms with Gasteiger partial charge in [0.1, 0.15) is 11.4 Å². The lowest BCUT2D eigenvalue weighted by Gasteiger charge is -2.20. The van der Waals surface area contributed by atoms with Crippen molar-refractivity contribution in [1.82, 2.24) is 20.1 Å². The van der Waals surface area contributed by atoms with Crippen molar-refractivity contribution >= 4 is 17.7 Å². The predicted octanol–water partition coefficient (Wildman–Crippen LogP) is 3.96. The number of halogens is 6. The maximum absolute atomic E-state index is 13.7. The van der Waals surface area contributed by atoms with Crippen molar-refractivity contribution in [2.75, 3.05) is 11.4 Å². The van der Waals surface area contributed by atoms with E-state index in [1.807, 2.05) is 0 Å². The molecule has 0 atom stereocenters. The average molecular weight is 513 g/mol. The molecule has 1 aliphatic heterocycles. The zero-order valence-corrected chi connectivity index (χ0v) is 18.2. The van der Waals surface area contributed by atoms with Crippen LogP contribution >= 0.6 is 0 Å². The number of anilines is 1. The van der Waals surface area contributed by atoms with Crippen LogP contribution in [0.3, 0.4) is 0 Å². The molecule has 0 unspecified atom stereocenters. The topological polar surface area (TPSA) is 100 Å². The third-order valence-electron chi connectivity index (χ3n) is 5.43. The van der Waals surface area contributed by atoms with Gasteiger partial charge in [0.05, 0.1) is 29.9 Å². The molecule has 0 radical (unpaired) electrons. The molecular formula is C22H17F6N5O3. The molecule has 0 spiro atoms. The minimum Gasteiger partial charge on any atom is -0.478 e. The van der Waals surface area contributed by atoms with Gasteiger partial charge in [0.2, 0.25) is 0 Å². The van der Waals surface area contributed by atoms with Crippen molar-refractivity contribution in [1.29, 1.82) is 0 Å². The van der Waals surface area contributed by atoms with Crippen LogP contribution in [-0.4, -0.2) is 38.3 Å². The summed E-state index contributed by atoms with van der Waals surface area (Å²) in [7, 11) is 0. The number of carboxylic acids is 1. The number of hydrogen-bond acceptors (Lipinski definition) is 5. The molecule has 1 aromatic carbocycles. The van der Waals surface area contributed by atoms with Crippen LogP contribution in [0.15, 0.2) is 42.6 Å². The van der Waals surface area contributed by atoms with E-state index in [0.717, 1.165) is 23.0 Å². The Balaban J connectivity index is 1.61. The van der Waals surface area contributed by atoms with E-state index in [1.165, 1.54) is 29.2 Å². The number of carboxylic acid groups (broad SMARTS) is 1. The van der Waals surface area contributed by atoms with E-state index in [-0.39, 0.29) is 48.8 Å². The lowest BCUT2D eigenvalue weighted by Crippen LogP contribution is -2.29. The summed E-state index contributed by atoms with van der Waals surface area (Å²) >= 11 is 0. The number of aromatic carboxylic acids is 1. The van der Waals surface area contributed by atoms with Crippen LogP contribution in [0.25, 0.3) is 0 Å². The lowest BCUT2D eigenvalue weighted by molar-refractivity contribution is -0.142. The van der Waals surface area contributed by atoms with Gasteiger partial charge >= 0.3 is 18.3 Å². The molecule has 0 fully saturated rings. The van der Waals surface area contributed by atoms with Crippen LogP contribution < -0.4 is 10.2 Å². The maximum Gasteiger partial charge on any atom is 0.436 e. The Hall–Kier alpha value is -4.10. The van der Waals surface area contributed by atoms with Gasteiger partial charge in [-0.25, -0.2) is 9.48 Å². The summed E-state index contributed by atoms with van der Waals surface area (Å²) in [5.74, 6) is -2.49. The van der Waals surface area contributed by atoms with Gasteiger partial charge < -0.3 is 15.3 Å². The Morgan fingerprint density at radius 1 is 1.03 bits per heavy atom. The largest absolute Gasteiger partial charge is 0.478 e. The van der Waals surface area contributed by atoms with Crippen LogP contribution in [-0.2, 0) is 32.0 Å². The molecular weight excluding hydrogens is 496 g/mol. The van der Waals surface area contributed by atoms with Gasteiger partial charge in [-0.15, -0.1) is 0 Å². The first-order valence-electron chi connectivity index (χ1n) is 10.4. The van der Waals surface area contributed by atoms with E-state index < -0.39 is 41.0 Å². The third kappa shape index (κ3) is 5.11. The second kappa shape index (κ2) is 9.17. The van der Waals surface area contributed by atoms with Gasteiger partial charge in [0, 0.05) is 19.3 Å². The normalized spacial score (nSPS) is 13.6. The zero-order valence-electron chi connectivity index (χ0n) is 18.2. The minimum absolute atomic E-state index is 0.00284. The number of pyridine rings is 1. The number of rotatable bonds is 6. The molecule has 0 saturated heterocycles. The molecule has 3 heterocycles. The Morgan fingerprint density at radius 3 is 2.39 bits per heavy atom. The fourth-order valence-electron chi connectivity index (χ4n) is 3.79. The lowest BCUT2D eigenvalue weighted by atomic mass is 10.1.